The number of nitrogens with zero attached hydrogens (tertiary/aromatic N) is 2. The zero-order chi connectivity index (χ0) is 13.0. The number of nitriles is 1. The van der Waals surface area contributed by atoms with Gasteiger partial charge in [0.2, 0.25) is 0 Å². The van der Waals surface area contributed by atoms with E-state index in [9.17, 15) is 0 Å². The molecule has 18 heavy (non-hydrogen) atoms. The van der Waals surface area contributed by atoms with Gasteiger partial charge in [0.15, 0.2) is 0 Å². The molecule has 2 N–H and O–H groups in total. The molecule has 0 saturated carbocycles. The summed E-state index contributed by atoms with van der Waals surface area (Å²) < 4.78 is 5.25. The maximum absolute atomic E-state index is 9.09. The van der Waals surface area contributed by atoms with Gasteiger partial charge in [0.25, 0.3) is 0 Å². The van der Waals surface area contributed by atoms with Crippen molar-refractivity contribution in [1.29, 1.82) is 5.26 Å². The molecule has 2 rings (SSSR count). The lowest BCUT2D eigenvalue weighted by molar-refractivity contribution is 0.416. The second-order valence-corrected chi connectivity index (χ2v) is 3.87. The van der Waals surface area contributed by atoms with Crippen LogP contribution in [0.5, 0.6) is 5.75 Å². The number of aromatic nitrogens is 2. The third-order valence-corrected chi connectivity index (χ3v) is 2.76. The lowest BCUT2D eigenvalue weighted by Crippen LogP contribution is -2.03. The fourth-order valence-electron chi connectivity index (χ4n) is 1.71. The molecule has 1 aromatic heterocycles. The molecule has 0 amide bonds. The normalized spacial score (nSPS) is 9.83. The highest BCUT2D eigenvalue weighted by Crippen LogP contribution is 2.28. The number of aromatic amines is 1. The van der Waals surface area contributed by atoms with Gasteiger partial charge >= 0.3 is 0 Å². The highest BCUT2D eigenvalue weighted by atomic mass is 16.5. The molecule has 0 fully saturated rings. The molecule has 0 spiro atoms. The van der Waals surface area contributed by atoms with Crippen LogP contribution in [-0.2, 0) is 6.54 Å². The first-order chi connectivity index (χ1) is 8.76. The Bertz CT molecular complexity index is 583. The summed E-state index contributed by atoms with van der Waals surface area (Å²) >= 11 is 0. The molecule has 0 radical (unpaired) electrons. The number of hydrogen-bond acceptors (Lipinski definition) is 4. The Balaban J connectivity index is 2.23. The monoisotopic (exact) mass is 242 g/mol. The molecule has 0 unspecified atom stereocenters. The summed E-state index contributed by atoms with van der Waals surface area (Å²) in [5.41, 5.74) is 3.35. The Labute approximate surface area is 105 Å². The molecule has 0 saturated heterocycles. The van der Waals surface area contributed by atoms with Crippen LogP contribution in [-0.4, -0.2) is 17.3 Å². The molecular weight excluding hydrogens is 228 g/mol. The van der Waals surface area contributed by atoms with E-state index in [1.807, 2.05) is 13.0 Å². The van der Waals surface area contributed by atoms with Gasteiger partial charge in [-0.2, -0.15) is 10.4 Å². The molecule has 1 aromatic carbocycles. The number of aryl methyl sites for hydroxylation is 1. The van der Waals surface area contributed by atoms with E-state index < -0.39 is 0 Å². The molecule has 0 bridgehead atoms. The zero-order valence-corrected chi connectivity index (χ0v) is 10.3. The molecule has 5 heteroatoms. The van der Waals surface area contributed by atoms with Crippen molar-refractivity contribution in [2.75, 3.05) is 12.4 Å². The summed E-state index contributed by atoms with van der Waals surface area (Å²) in [5, 5.41) is 19.1. The number of benzene rings is 1. The lowest BCUT2D eigenvalue weighted by Gasteiger charge is -2.12. The smallest absolute Gasteiger partial charge is 0.143 e. The summed E-state index contributed by atoms with van der Waals surface area (Å²) in [4.78, 5) is 0. The molecule has 0 atom stereocenters. The van der Waals surface area contributed by atoms with Crippen molar-refractivity contribution in [3.05, 3.63) is 41.2 Å². The van der Waals surface area contributed by atoms with Crippen LogP contribution in [0.3, 0.4) is 0 Å². The van der Waals surface area contributed by atoms with Crippen LogP contribution in [0, 0.1) is 18.3 Å². The van der Waals surface area contributed by atoms with Crippen molar-refractivity contribution in [3.63, 3.8) is 0 Å². The van der Waals surface area contributed by atoms with Gasteiger partial charge in [0, 0.05) is 17.8 Å². The Morgan fingerprint density at radius 3 is 2.94 bits per heavy atom. The van der Waals surface area contributed by atoms with Gasteiger partial charge in [-0.25, -0.2) is 0 Å². The van der Waals surface area contributed by atoms with Crippen molar-refractivity contribution < 1.29 is 4.74 Å². The van der Waals surface area contributed by atoms with E-state index >= 15 is 0 Å². The van der Waals surface area contributed by atoms with Crippen molar-refractivity contribution in [2.24, 2.45) is 0 Å². The van der Waals surface area contributed by atoms with Crippen molar-refractivity contribution in [3.8, 4) is 11.8 Å². The standard InChI is InChI=1S/C13H14N4O/c1-9-11(8-16-17-9)7-15-13-10(6-14)4-3-5-12(13)18-2/h3-5,8,15H,7H2,1-2H3,(H,16,17). The van der Waals surface area contributed by atoms with E-state index in [2.05, 4.69) is 21.6 Å². The quantitative estimate of drug-likeness (QED) is 0.862. The predicted molar refractivity (Wildman–Crippen MR) is 68.4 cm³/mol. The number of para-hydroxylation sites is 1. The molecule has 92 valence electrons. The van der Waals surface area contributed by atoms with Gasteiger partial charge < -0.3 is 10.1 Å². The lowest BCUT2D eigenvalue weighted by atomic mass is 10.1. The van der Waals surface area contributed by atoms with E-state index in [4.69, 9.17) is 10.00 Å². The van der Waals surface area contributed by atoms with Gasteiger partial charge in [-0.1, -0.05) is 6.07 Å². The number of methoxy groups -OCH3 is 1. The third-order valence-electron chi connectivity index (χ3n) is 2.76. The zero-order valence-electron chi connectivity index (χ0n) is 10.3. The average molecular weight is 242 g/mol. The largest absolute Gasteiger partial charge is 0.495 e. The first-order valence-electron chi connectivity index (χ1n) is 5.56. The minimum Gasteiger partial charge on any atom is -0.495 e. The van der Waals surface area contributed by atoms with Crippen LogP contribution < -0.4 is 10.1 Å². The molecule has 5 nitrogen and oxygen atoms in total. The third kappa shape index (κ3) is 2.28. The van der Waals surface area contributed by atoms with Gasteiger partial charge in [-0.3, -0.25) is 5.10 Å². The number of nitrogens with one attached hydrogen (secondary N) is 2. The van der Waals surface area contributed by atoms with Gasteiger partial charge in [0.1, 0.15) is 11.8 Å². The maximum Gasteiger partial charge on any atom is 0.143 e. The van der Waals surface area contributed by atoms with Crippen molar-refractivity contribution >= 4 is 5.69 Å². The van der Waals surface area contributed by atoms with E-state index in [0.717, 1.165) is 11.3 Å². The van der Waals surface area contributed by atoms with Gasteiger partial charge in [-0.15, -0.1) is 0 Å². The maximum atomic E-state index is 9.09. The number of H-pyrrole nitrogens is 1. The minimum atomic E-state index is 0.565. The summed E-state index contributed by atoms with van der Waals surface area (Å²) in [6.07, 6.45) is 1.77. The fourth-order valence-corrected chi connectivity index (χ4v) is 1.71. The number of anilines is 1. The van der Waals surface area contributed by atoms with Crippen LogP contribution in [0.4, 0.5) is 5.69 Å². The van der Waals surface area contributed by atoms with Gasteiger partial charge in [0.05, 0.1) is 24.6 Å². The average Bonchev–Trinajstić information content (AvgIpc) is 2.81. The SMILES string of the molecule is COc1cccc(C#N)c1NCc1cn[nH]c1C. The van der Waals surface area contributed by atoms with Crippen LogP contribution in [0.1, 0.15) is 16.8 Å². The first-order valence-corrected chi connectivity index (χ1v) is 5.56. The first kappa shape index (κ1) is 12.0. The molecule has 0 aliphatic rings. The molecular formula is C13H14N4O. The van der Waals surface area contributed by atoms with Gasteiger partial charge in [-0.05, 0) is 19.1 Å². The van der Waals surface area contributed by atoms with E-state index in [0.29, 0.717) is 23.5 Å². The Morgan fingerprint density at radius 2 is 2.33 bits per heavy atom. The number of hydrogen-bond donors (Lipinski definition) is 2. The van der Waals surface area contributed by atoms with E-state index in [1.54, 1.807) is 25.4 Å². The fraction of sp³-hybridized carbons (Fsp3) is 0.231. The van der Waals surface area contributed by atoms with Crippen LogP contribution in [0.25, 0.3) is 0 Å². The highest BCUT2D eigenvalue weighted by Gasteiger charge is 2.09. The van der Waals surface area contributed by atoms with E-state index in [1.165, 1.54) is 0 Å². The second-order valence-electron chi connectivity index (χ2n) is 3.87. The number of ether oxygens (including phenoxy) is 1. The second kappa shape index (κ2) is 5.23. The van der Waals surface area contributed by atoms with Crippen LogP contribution >= 0.6 is 0 Å². The van der Waals surface area contributed by atoms with Crippen LogP contribution in [0.15, 0.2) is 24.4 Å². The predicted octanol–water partition coefficient (Wildman–Crippen LogP) is 2.21. The van der Waals surface area contributed by atoms with Crippen LogP contribution in [0.2, 0.25) is 0 Å². The minimum absolute atomic E-state index is 0.565. The van der Waals surface area contributed by atoms with E-state index in [-0.39, 0.29) is 0 Å². The Morgan fingerprint density at radius 1 is 1.50 bits per heavy atom. The topological polar surface area (TPSA) is 73.7 Å². The summed E-state index contributed by atoms with van der Waals surface area (Å²) in [5.74, 6) is 0.662. The summed E-state index contributed by atoms with van der Waals surface area (Å²) in [7, 11) is 1.59. The van der Waals surface area contributed by atoms with Crippen molar-refractivity contribution in [2.45, 2.75) is 13.5 Å². The molecule has 0 aliphatic carbocycles. The highest BCUT2D eigenvalue weighted by molar-refractivity contribution is 5.66. The molecule has 0 aliphatic heterocycles. The Kier molecular flexibility index (Phi) is 3.49. The molecule has 1 heterocycles. The molecule has 2 aromatic rings. The van der Waals surface area contributed by atoms with Crippen molar-refractivity contribution in [1.82, 2.24) is 10.2 Å². The summed E-state index contributed by atoms with van der Waals surface area (Å²) in [6.45, 7) is 2.55. The Hall–Kier alpha value is -2.48. The summed E-state index contributed by atoms with van der Waals surface area (Å²) in [6, 6.07) is 7.53. The number of rotatable bonds is 4.